The Labute approximate surface area is 107 Å². The SMILES string of the molecule is CNC(=O)C(C)NCc1ccc(OCC#N)cc1. The van der Waals surface area contributed by atoms with Gasteiger partial charge >= 0.3 is 0 Å². The van der Waals surface area contributed by atoms with Crippen molar-refractivity contribution in [3.05, 3.63) is 29.8 Å². The second-order valence-electron chi connectivity index (χ2n) is 3.81. The molecule has 0 spiro atoms. The second-order valence-corrected chi connectivity index (χ2v) is 3.81. The molecule has 0 fully saturated rings. The summed E-state index contributed by atoms with van der Waals surface area (Å²) in [6.07, 6.45) is 0. The number of hydrogen-bond donors (Lipinski definition) is 2. The number of carbonyl (C=O) groups excluding carboxylic acids is 1. The van der Waals surface area contributed by atoms with Crippen molar-refractivity contribution in [2.75, 3.05) is 13.7 Å². The van der Waals surface area contributed by atoms with E-state index in [0.717, 1.165) is 5.56 Å². The Morgan fingerprint density at radius 2 is 2.11 bits per heavy atom. The maximum Gasteiger partial charge on any atom is 0.236 e. The van der Waals surface area contributed by atoms with E-state index in [4.69, 9.17) is 10.00 Å². The predicted octanol–water partition coefficient (Wildman–Crippen LogP) is 0.813. The van der Waals surface area contributed by atoms with Gasteiger partial charge in [0.15, 0.2) is 6.61 Å². The van der Waals surface area contributed by atoms with Crippen LogP contribution in [0.25, 0.3) is 0 Å². The number of nitriles is 1. The fourth-order valence-corrected chi connectivity index (χ4v) is 1.40. The second kappa shape index (κ2) is 7.30. The molecule has 5 nitrogen and oxygen atoms in total. The van der Waals surface area contributed by atoms with Gasteiger partial charge in [-0.2, -0.15) is 5.26 Å². The summed E-state index contributed by atoms with van der Waals surface area (Å²) < 4.78 is 5.15. The van der Waals surface area contributed by atoms with Crippen molar-refractivity contribution in [3.8, 4) is 11.8 Å². The normalized spacial score (nSPS) is 11.4. The monoisotopic (exact) mass is 247 g/mol. The lowest BCUT2D eigenvalue weighted by molar-refractivity contribution is -0.122. The van der Waals surface area contributed by atoms with Crippen LogP contribution in [-0.2, 0) is 11.3 Å². The summed E-state index contributed by atoms with van der Waals surface area (Å²) in [7, 11) is 1.61. The standard InChI is InChI=1S/C13H17N3O2/c1-10(13(17)15-2)16-9-11-3-5-12(6-4-11)18-8-7-14/h3-6,10,16H,8-9H2,1-2H3,(H,15,17). The van der Waals surface area contributed by atoms with Crippen LogP contribution in [0.2, 0.25) is 0 Å². The van der Waals surface area contributed by atoms with Crippen LogP contribution in [0.4, 0.5) is 0 Å². The van der Waals surface area contributed by atoms with E-state index in [1.165, 1.54) is 0 Å². The van der Waals surface area contributed by atoms with Crippen molar-refractivity contribution in [1.29, 1.82) is 5.26 Å². The smallest absolute Gasteiger partial charge is 0.236 e. The van der Waals surface area contributed by atoms with Gasteiger partial charge in [-0.1, -0.05) is 12.1 Å². The van der Waals surface area contributed by atoms with E-state index in [1.807, 2.05) is 25.1 Å². The molecule has 18 heavy (non-hydrogen) atoms. The Balaban J connectivity index is 2.44. The molecule has 2 N–H and O–H groups in total. The average molecular weight is 247 g/mol. The predicted molar refractivity (Wildman–Crippen MR) is 67.9 cm³/mol. The number of nitrogens with zero attached hydrogens (tertiary/aromatic N) is 1. The number of amides is 1. The summed E-state index contributed by atoms with van der Waals surface area (Å²) in [5, 5.41) is 14.1. The van der Waals surface area contributed by atoms with Crippen LogP contribution < -0.4 is 15.4 Å². The van der Waals surface area contributed by atoms with Gasteiger partial charge in [-0.25, -0.2) is 0 Å². The first-order valence-corrected chi connectivity index (χ1v) is 5.71. The molecule has 96 valence electrons. The summed E-state index contributed by atoms with van der Waals surface area (Å²) in [6, 6.07) is 9.09. The molecule has 5 heteroatoms. The molecule has 0 aliphatic carbocycles. The van der Waals surface area contributed by atoms with Crippen LogP contribution in [0, 0.1) is 11.3 Å². The van der Waals surface area contributed by atoms with Crippen molar-refractivity contribution in [3.63, 3.8) is 0 Å². The average Bonchev–Trinajstić information content (AvgIpc) is 2.42. The first kappa shape index (κ1) is 14.0. The maximum absolute atomic E-state index is 11.3. The fraction of sp³-hybridized carbons (Fsp3) is 0.385. The van der Waals surface area contributed by atoms with E-state index in [-0.39, 0.29) is 18.6 Å². The number of rotatable bonds is 6. The van der Waals surface area contributed by atoms with Crippen LogP contribution in [0.15, 0.2) is 24.3 Å². The highest BCUT2D eigenvalue weighted by atomic mass is 16.5. The van der Waals surface area contributed by atoms with Crippen molar-refractivity contribution in [2.24, 2.45) is 0 Å². The Morgan fingerprint density at radius 1 is 1.44 bits per heavy atom. The zero-order valence-electron chi connectivity index (χ0n) is 10.6. The van der Waals surface area contributed by atoms with Gasteiger partial charge in [0.1, 0.15) is 11.8 Å². The minimum absolute atomic E-state index is 0.0380. The largest absolute Gasteiger partial charge is 0.479 e. The molecule has 0 saturated heterocycles. The van der Waals surface area contributed by atoms with Gasteiger partial charge in [0.05, 0.1) is 6.04 Å². The molecule has 0 aliphatic heterocycles. The highest BCUT2D eigenvalue weighted by Gasteiger charge is 2.09. The molecule has 1 unspecified atom stereocenters. The molecule has 0 aliphatic rings. The topological polar surface area (TPSA) is 74.2 Å². The fourth-order valence-electron chi connectivity index (χ4n) is 1.40. The Morgan fingerprint density at radius 3 is 2.67 bits per heavy atom. The van der Waals surface area contributed by atoms with E-state index in [0.29, 0.717) is 12.3 Å². The zero-order chi connectivity index (χ0) is 13.4. The van der Waals surface area contributed by atoms with E-state index in [9.17, 15) is 4.79 Å². The van der Waals surface area contributed by atoms with Gasteiger partial charge in [-0.3, -0.25) is 4.79 Å². The molecular formula is C13H17N3O2. The quantitative estimate of drug-likeness (QED) is 0.780. The molecule has 1 aromatic carbocycles. The van der Waals surface area contributed by atoms with E-state index < -0.39 is 0 Å². The van der Waals surface area contributed by atoms with Gasteiger partial charge in [-0.15, -0.1) is 0 Å². The first-order valence-electron chi connectivity index (χ1n) is 5.71. The van der Waals surface area contributed by atoms with Crippen LogP contribution in [0.3, 0.4) is 0 Å². The first-order chi connectivity index (χ1) is 8.67. The zero-order valence-corrected chi connectivity index (χ0v) is 10.6. The molecule has 1 atom stereocenters. The molecule has 0 bridgehead atoms. The minimum Gasteiger partial charge on any atom is -0.479 e. The highest BCUT2D eigenvalue weighted by Crippen LogP contribution is 2.11. The summed E-state index contributed by atoms with van der Waals surface area (Å²) in [6.45, 7) is 2.46. The summed E-state index contributed by atoms with van der Waals surface area (Å²) in [4.78, 5) is 11.3. The maximum atomic E-state index is 11.3. The number of hydrogen-bond acceptors (Lipinski definition) is 4. The number of carbonyl (C=O) groups is 1. The molecule has 1 rings (SSSR count). The third-order valence-corrected chi connectivity index (χ3v) is 2.48. The van der Waals surface area contributed by atoms with Crippen molar-refractivity contribution < 1.29 is 9.53 Å². The summed E-state index contributed by atoms with van der Waals surface area (Å²) in [5.41, 5.74) is 1.05. The minimum atomic E-state index is -0.232. The molecule has 0 saturated carbocycles. The molecule has 0 radical (unpaired) electrons. The number of nitrogens with one attached hydrogen (secondary N) is 2. The molecule has 1 aromatic rings. The lowest BCUT2D eigenvalue weighted by atomic mass is 10.2. The molecule has 0 heterocycles. The Bertz CT molecular complexity index is 423. The third-order valence-electron chi connectivity index (χ3n) is 2.48. The summed E-state index contributed by atoms with van der Waals surface area (Å²) >= 11 is 0. The van der Waals surface area contributed by atoms with Gasteiger partial charge in [0.25, 0.3) is 0 Å². The highest BCUT2D eigenvalue weighted by molar-refractivity contribution is 5.80. The van der Waals surface area contributed by atoms with Crippen molar-refractivity contribution in [1.82, 2.24) is 10.6 Å². The molecule has 0 aromatic heterocycles. The van der Waals surface area contributed by atoms with E-state index in [1.54, 1.807) is 19.2 Å². The molecular weight excluding hydrogens is 230 g/mol. The number of likely N-dealkylation sites (N-methyl/N-ethyl adjacent to an activating group) is 1. The lowest BCUT2D eigenvalue weighted by Gasteiger charge is -2.12. The van der Waals surface area contributed by atoms with Crippen LogP contribution >= 0.6 is 0 Å². The van der Waals surface area contributed by atoms with E-state index >= 15 is 0 Å². The van der Waals surface area contributed by atoms with E-state index in [2.05, 4.69) is 10.6 Å². The van der Waals surface area contributed by atoms with Crippen LogP contribution in [-0.4, -0.2) is 25.6 Å². The van der Waals surface area contributed by atoms with Gasteiger partial charge < -0.3 is 15.4 Å². The van der Waals surface area contributed by atoms with Crippen molar-refractivity contribution in [2.45, 2.75) is 19.5 Å². The lowest BCUT2D eigenvalue weighted by Crippen LogP contribution is -2.40. The van der Waals surface area contributed by atoms with Gasteiger partial charge in [0.2, 0.25) is 5.91 Å². The van der Waals surface area contributed by atoms with Gasteiger partial charge in [-0.05, 0) is 24.6 Å². The van der Waals surface area contributed by atoms with Crippen LogP contribution in [0.5, 0.6) is 5.75 Å². The number of ether oxygens (including phenoxy) is 1. The summed E-state index contributed by atoms with van der Waals surface area (Å²) in [5.74, 6) is 0.628. The van der Waals surface area contributed by atoms with Crippen molar-refractivity contribution >= 4 is 5.91 Å². The third kappa shape index (κ3) is 4.44. The van der Waals surface area contributed by atoms with Gasteiger partial charge in [0, 0.05) is 13.6 Å². The van der Waals surface area contributed by atoms with Crippen LogP contribution in [0.1, 0.15) is 12.5 Å². The molecule has 1 amide bonds. The Kier molecular flexibility index (Phi) is 5.68. The number of benzene rings is 1. The Hall–Kier alpha value is -2.06.